The molecule has 2 N–H and O–H groups in total. The van der Waals surface area contributed by atoms with E-state index >= 15 is 0 Å². The van der Waals surface area contributed by atoms with Crippen molar-refractivity contribution >= 4 is 26.8 Å². The molecule has 0 amide bonds. The van der Waals surface area contributed by atoms with E-state index in [1.807, 2.05) is 6.07 Å². The summed E-state index contributed by atoms with van der Waals surface area (Å²) in [5, 5.41) is 22.2. The summed E-state index contributed by atoms with van der Waals surface area (Å²) in [5.74, 6) is -0.160. The minimum atomic E-state index is -2.27. The Morgan fingerprint density at radius 2 is 2.00 bits per heavy atom. The van der Waals surface area contributed by atoms with Crippen molar-refractivity contribution in [3.8, 4) is 17.1 Å². The molecule has 0 spiro atoms. The SMILES string of the molecule is CC[C@@]1(O)C(=O)OCc2c1cc1n(c2=O)Cc2cc3c(CC[SH](C)(C)=O)c(O)ccc3nc2-1. The van der Waals surface area contributed by atoms with Crippen LogP contribution in [0.2, 0.25) is 0 Å². The molecule has 3 aromatic rings. The van der Waals surface area contributed by atoms with Crippen molar-refractivity contribution in [2.45, 2.75) is 38.5 Å². The number of phenols is 1. The standard InChI is InChI=1S/C24H26N2O6S/c1-4-24(30)17-10-19-21-13(11-26(19)22(28)16(17)12-32-23(24)29)9-15-14(7-8-33(2,3)31)20(27)6-5-18(15)25-21/h5-6,9-10,27,30,33H,4,7-8,11-12H2,1-3H3/t24-/m0/s1. The predicted octanol–water partition coefficient (Wildman–Crippen LogP) is 1.60. The number of benzene rings is 1. The number of aromatic nitrogens is 2. The first kappa shape index (κ1) is 21.8. The molecule has 0 bridgehead atoms. The highest BCUT2D eigenvalue weighted by Gasteiger charge is 2.45. The van der Waals surface area contributed by atoms with E-state index in [9.17, 15) is 24.0 Å². The summed E-state index contributed by atoms with van der Waals surface area (Å²) in [6.07, 6.45) is 3.99. The largest absolute Gasteiger partial charge is 0.508 e. The van der Waals surface area contributed by atoms with E-state index in [2.05, 4.69) is 0 Å². The second kappa shape index (κ2) is 7.23. The Balaban J connectivity index is 1.69. The van der Waals surface area contributed by atoms with Gasteiger partial charge in [0.05, 0.1) is 29.0 Å². The number of carbonyl (C=O) groups is 1. The van der Waals surface area contributed by atoms with E-state index in [-0.39, 0.29) is 42.0 Å². The molecular formula is C24H26N2O6S. The lowest BCUT2D eigenvalue weighted by Gasteiger charge is -2.31. The summed E-state index contributed by atoms with van der Waals surface area (Å²) in [4.78, 5) is 30.4. The molecule has 4 heterocycles. The molecule has 0 saturated heterocycles. The Labute approximate surface area is 191 Å². The van der Waals surface area contributed by atoms with Crippen molar-refractivity contribution in [2.75, 3.05) is 18.3 Å². The van der Waals surface area contributed by atoms with Gasteiger partial charge in [0.25, 0.3) is 5.56 Å². The zero-order chi connectivity index (χ0) is 23.7. The number of ether oxygens (including phenoxy) is 1. The van der Waals surface area contributed by atoms with Crippen LogP contribution >= 0.6 is 0 Å². The van der Waals surface area contributed by atoms with Crippen molar-refractivity contribution in [1.82, 2.24) is 9.55 Å². The van der Waals surface area contributed by atoms with Gasteiger partial charge in [-0.25, -0.2) is 9.78 Å². The number of pyridine rings is 2. The average molecular weight is 471 g/mol. The van der Waals surface area contributed by atoms with Gasteiger partial charge in [0.15, 0.2) is 5.60 Å². The van der Waals surface area contributed by atoms with Gasteiger partial charge in [-0.15, -0.1) is 9.93 Å². The maximum atomic E-state index is 13.3. The van der Waals surface area contributed by atoms with Gasteiger partial charge in [-0.1, -0.05) is 6.92 Å². The van der Waals surface area contributed by atoms with Gasteiger partial charge in [0.2, 0.25) is 0 Å². The lowest BCUT2D eigenvalue weighted by molar-refractivity contribution is -0.172. The Bertz CT molecular complexity index is 1450. The predicted molar refractivity (Wildman–Crippen MR) is 126 cm³/mol. The van der Waals surface area contributed by atoms with Crippen molar-refractivity contribution in [3.63, 3.8) is 0 Å². The van der Waals surface area contributed by atoms with Crippen LogP contribution in [0.15, 0.2) is 29.1 Å². The number of phenolic OH excluding ortho intramolecular Hbond substituents is 1. The highest BCUT2D eigenvalue weighted by Crippen LogP contribution is 2.39. The first-order chi connectivity index (χ1) is 15.5. The molecule has 0 aliphatic carbocycles. The Hall–Kier alpha value is -3.04. The van der Waals surface area contributed by atoms with E-state index in [1.54, 1.807) is 42.2 Å². The normalized spacial score (nSPS) is 19.7. The number of nitrogens with zero attached hydrogens (tertiary/aromatic N) is 2. The zero-order valence-electron chi connectivity index (χ0n) is 18.7. The van der Waals surface area contributed by atoms with Crippen LogP contribution in [0.5, 0.6) is 5.75 Å². The lowest BCUT2D eigenvalue weighted by Crippen LogP contribution is -2.44. The van der Waals surface area contributed by atoms with Crippen molar-refractivity contribution in [1.29, 1.82) is 0 Å². The van der Waals surface area contributed by atoms with E-state index in [0.717, 1.165) is 10.9 Å². The number of thiol groups is 1. The monoisotopic (exact) mass is 470 g/mol. The van der Waals surface area contributed by atoms with Crippen LogP contribution in [-0.2, 0) is 44.6 Å². The van der Waals surface area contributed by atoms with E-state index in [1.165, 1.54) is 0 Å². The molecule has 8 nitrogen and oxygen atoms in total. The third kappa shape index (κ3) is 3.29. The maximum absolute atomic E-state index is 13.3. The van der Waals surface area contributed by atoms with Gasteiger partial charge >= 0.3 is 5.97 Å². The second-order valence-electron chi connectivity index (χ2n) is 9.28. The van der Waals surface area contributed by atoms with Gasteiger partial charge < -0.3 is 19.5 Å². The molecule has 2 aliphatic heterocycles. The van der Waals surface area contributed by atoms with E-state index < -0.39 is 21.5 Å². The average Bonchev–Trinajstić information content (AvgIpc) is 3.12. The quantitative estimate of drug-likeness (QED) is 0.306. The molecule has 2 aliphatic rings. The van der Waals surface area contributed by atoms with Crippen molar-refractivity contribution in [2.24, 2.45) is 0 Å². The molecule has 1 aromatic carbocycles. The fourth-order valence-corrected chi connectivity index (χ4v) is 5.51. The van der Waals surface area contributed by atoms with Crippen LogP contribution in [0.3, 0.4) is 0 Å². The lowest BCUT2D eigenvalue weighted by atomic mass is 9.86. The summed E-state index contributed by atoms with van der Waals surface area (Å²) in [5.41, 5.74) is 1.66. The molecule has 1 atom stereocenters. The van der Waals surface area contributed by atoms with Crippen LogP contribution in [0, 0.1) is 0 Å². The molecular weight excluding hydrogens is 444 g/mol. The molecule has 9 heteroatoms. The highest BCUT2D eigenvalue weighted by molar-refractivity contribution is 8.01. The fraction of sp³-hybridized carbons (Fsp3) is 0.375. The van der Waals surface area contributed by atoms with Gasteiger partial charge in [-0.2, -0.15) is 0 Å². The Morgan fingerprint density at radius 3 is 2.70 bits per heavy atom. The van der Waals surface area contributed by atoms with Crippen LogP contribution in [-0.4, -0.2) is 48.2 Å². The minimum absolute atomic E-state index is 0.0844. The number of aliphatic hydroxyl groups is 1. The van der Waals surface area contributed by atoms with Crippen LogP contribution in [0.4, 0.5) is 0 Å². The Morgan fingerprint density at radius 1 is 1.24 bits per heavy atom. The molecule has 33 heavy (non-hydrogen) atoms. The number of hydrogen-bond donors (Lipinski definition) is 3. The minimum Gasteiger partial charge on any atom is -0.508 e. The summed E-state index contributed by atoms with van der Waals surface area (Å²) in [6, 6.07) is 6.89. The first-order valence-corrected chi connectivity index (χ1v) is 13.7. The summed E-state index contributed by atoms with van der Waals surface area (Å²) >= 11 is 0. The van der Waals surface area contributed by atoms with Crippen LogP contribution < -0.4 is 5.56 Å². The third-order valence-corrected chi connectivity index (χ3v) is 7.98. The summed E-state index contributed by atoms with van der Waals surface area (Å²) in [6.45, 7) is 1.78. The molecule has 0 saturated carbocycles. The molecule has 5 rings (SSSR count). The van der Waals surface area contributed by atoms with Gasteiger partial charge in [-0.3, -0.25) is 9.00 Å². The number of cyclic esters (lactones) is 1. The highest BCUT2D eigenvalue weighted by atomic mass is 32.2. The zero-order valence-corrected chi connectivity index (χ0v) is 19.6. The number of esters is 1. The molecule has 174 valence electrons. The van der Waals surface area contributed by atoms with Gasteiger partial charge in [0, 0.05) is 27.8 Å². The molecule has 0 unspecified atom stereocenters. The molecule has 0 radical (unpaired) electrons. The van der Waals surface area contributed by atoms with E-state index in [4.69, 9.17) is 9.72 Å². The van der Waals surface area contributed by atoms with Crippen LogP contribution in [0.1, 0.15) is 35.6 Å². The van der Waals surface area contributed by atoms with Gasteiger partial charge in [-0.05, 0) is 49.6 Å². The van der Waals surface area contributed by atoms with Gasteiger partial charge in [0.1, 0.15) is 12.4 Å². The second-order valence-corrected chi connectivity index (χ2v) is 12.9. The number of fused-ring (bicyclic) bond motifs is 5. The topological polar surface area (TPSA) is 119 Å². The summed E-state index contributed by atoms with van der Waals surface area (Å²) in [7, 11) is -2.27. The van der Waals surface area contributed by atoms with Crippen molar-refractivity contribution < 1.29 is 24.0 Å². The number of carbonyl (C=O) groups excluding carboxylic acids is 1. The number of aromatic hydroxyl groups is 1. The number of hydrogen-bond acceptors (Lipinski definition) is 7. The number of rotatable bonds is 4. The fourth-order valence-electron chi connectivity index (χ4n) is 4.74. The maximum Gasteiger partial charge on any atom is 0.343 e. The smallest absolute Gasteiger partial charge is 0.343 e. The first-order valence-electron chi connectivity index (χ1n) is 10.9. The third-order valence-electron chi connectivity index (χ3n) is 6.68. The Kier molecular flexibility index (Phi) is 4.77. The molecule has 0 fully saturated rings. The van der Waals surface area contributed by atoms with E-state index in [0.29, 0.717) is 34.6 Å². The summed E-state index contributed by atoms with van der Waals surface area (Å²) < 4.78 is 18.9. The van der Waals surface area contributed by atoms with Crippen molar-refractivity contribution in [3.05, 3.63) is 56.9 Å². The van der Waals surface area contributed by atoms with Crippen LogP contribution in [0.25, 0.3) is 22.3 Å². The molecule has 2 aromatic heterocycles. The number of aryl methyl sites for hydroxylation is 1.